The van der Waals surface area contributed by atoms with Gasteiger partial charge in [-0.2, -0.15) is 0 Å². The fraction of sp³-hybridized carbons (Fsp3) is 0.542. The van der Waals surface area contributed by atoms with Gasteiger partial charge in [-0.25, -0.2) is 4.79 Å². The number of hydrogen-bond donors (Lipinski definition) is 1. The average molecular weight is 412 g/mol. The molecule has 6 heteroatoms. The van der Waals surface area contributed by atoms with Crippen molar-refractivity contribution < 1.29 is 14.6 Å². The van der Waals surface area contributed by atoms with Gasteiger partial charge >= 0.3 is 5.97 Å². The maximum atomic E-state index is 12.3. The summed E-state index contributed by atoms with van der Waals surface area (Å²) in [6.07, 6.45) is 6.35. The molecule has 162 valence electrons. The van der Waals surface area contributed by atoms with E-state index in [1.165, 1.54) is 0 Å². The lowest BCUT2D eigenvalue weighted by molar-refractivity contribution is -0.160. The summed E-state index contributed by atoms with van der Waals surface area (Å²) in [7, 11) is 0. The van der Waals surface area contributed by atoms with Crippen LogP contribution in [0, 0.1) is 12.3 Å². The van der Waals surface area contributed by atoms with Crippen molar-refractivity contribution in [1.29, 1.82) is 0 Å². The van der Waals surface area contributed by atoms with Crippen molar-refractivity contribution in [2.75, 3.05) is 18.0 Å². The molecule has 1 saturated heterocycles. The van der Waals surface area contributed by atoms with E-state index in [0.29, 0.717) is 11.3 Å². The average Bonchev–Trinajstić information content (AvgIpc) is 2.66. The SMILES string of the molecule is Cc1ncc(-c2cccnc2)c(N2CCC(C)(C)CC2)c1[C@H](OC(C)(C)C)C(=O)O. The third kappa shape index (κ3) is 4.98. The van der Waals surface area contributed by atoms with Gasteiger partial charge in [0.05, 0.1) is 11.3 Å². The van der Waals surface area contributed by atoms with Gasteiger partial charge in [-0.15, -0.1) is 0 Å². The molecule has 3 rings (SSSR count). The molecule has 1 N–H and O–H groups in total. The maximum Gasteiger partial charge on any atom is 0.337 e. The molecule has 0 spiro atoms. The zero-order valence-electron chi connectivity index (χ0n) is 18.9. The Balaban J connectivity index is 2.21. The second-order valence-electron chi connectivity index (χ2n) is 9.86. The third-order valence-corrected chi connectivity index (χ3v) is 5.65. The number of piperidine rings is 1. The lowest BCUT2D eigenvalue weighted by Gasteiger charge is -2.40. The molecule has 0 unspecified atom stereocenters. The molecule has 0 aliphatic carbocycles. The highest BCUT2D eigenvalue weighted by Gasteiger charge is 2.35. The number of aliphatic carboxylic acids is 1. The van der Waals surface area contributed by atoms with Gasteiger partial charge in [0.2, 0.25) is 0 Å². The zero-order chi connectivity index (χ0) is 22.1. The molecule has 0 radical (unpaired) electrons. The van der Waals surface area contributed by atoms with Crippen LogP contribution in [0.25, 0.3) is 11.1 Å². The Labute approximate surface area is 179 Å². The molecule has 6 nitrogen and oxygen atoms in total. The highest BCUT2D eigenvalue weighted by molar-refractivity contribution is 5.86. The predicted molar refractivity (Wildman–Crippen MR) is 119 cm³/mol. The minimum Gasteiger partial charge on any atom is -0.479 e. The van der Waals surface area contributed by atoms with E-state index >= 15 is 0 Å². The van der Waals surface area contributed by atoms with E-state index in [2.05, 4.69) is 28.7 Å². The van der Waals surface area contributed by atoms with Gasteiger partial charge in [0, 0.05) is 54.1 Å². The Morgan fingerprint density at radius 2 is 1.90 bits per heavy atom. The first-order valence-corrected chi connectivity index (χ1v) is 10.5. The number of anilines is 1. The number of carboxylic acids is 1. The van der Waals surface area contributed by atoms with Gasteiger partial charge < -0.3 is 14.7 Å². The van der Waals surface area contributed by atoms with Crippen LogP contribution in [0.5, 0.6) is 0 Å². The largest absolute Gasteiger partial charge is 0.479 e. The molecule has 0 amide bonds. The van der Waals surface area contributed by atoms with Crippen LogP contribution < -0.4 is 4.90 Å². The first kappa shape index (κ1) is 22.2. The maximum absolute atomic E-state index is 12.3. The summed E-state index contributed by atoms with van der Waals surface area (Å²) >= 11 is 0. The van der Waals surface area contributed by atoms with Gasteiger partial charge in [-0.05, 0) is 52.0 Å². The minimum absolute atomic E-state index is 0.279. The van der Waals surface area contributed by atoms with Gasteiger partial charge in [0.1, 0.15) is 0 Å². The molecule has 2 aromatic rings. The number of aromatic nitrogens is 2. The molecule has 1 aliphatic rings. The van der Waals surface area contributed by atoms with Crippen molar-refractivity contribution in [3.8, 4) is 11.1 Å². The number of pyridine rings is 2. The monoisotopic (exact) mass is 411 g/mol. The molecule has 1 atom stereocenters. The topological polar surface area (TPSA) is 75.5 Å². The van der Waals surface area contributed by atoms with E-state index < -0.39 is 17.7 Å². The number of hydrogen-bond acceptors (Lipinski definition) is 5. The first-order chi connectivity index (χ1) is 14.0. The number of nitrogens with zero attached hydrogens (tertiary/aromatic N) is 3. The van der Waals surface area contributed by atoms with Crippen LogP contribution in [0.1, 0.15) is 64.8 Å². The normalized spacial score (nSPS) is 17.6. The first-order valence-electron chi connectivity index (χ1n) is 10.5. The predicted octanol–water partition coefficient (Wildman–Crippen LogP) is 5.02. The van der Waals surface area contributed by atoms with Crippen molar-refractivity contribution in [2.24, 2.45) is 5.41 Å². The summed E-state index contributed by atoms with van der Waals surface area (Å²) < 4.78 is 6.05. The molecule has 0 bridgehead atoms. The van der Waals surface area contributed by atoms with Crippen molar-refractivity contribution >= 4 is 11.7 Å². The molecular weight excluding hydrogens is 378 g/mol. The van der Waals surface area contributed by atoms with Crippen LogP contribution in [0.3, 0.4) is 0 Å². The van der Waals surface area contributed by atoms with Gasteiger partial charge in [0.25, 0.3) is 0 Å². The van der Waals surface area contributed by atoms with Crippen LogP contribution >= 0.6 is 0 Å². The summed E-state index contributed by atoms with van der Waals surface area (Å²) in [5.41, 5.74) is 3.71. The van der Waals surface area contributed by atoms with Crippen molar-refractivity contribution in [3.63, 3.8) is 0 Å². The van der Waals surface area contributed by atoms with Gasteiger partial charge in [-0.1, -0.05) is 19.9 Å². The lowest BCUT2D eigenvalue weighted by Crippen LogP contribution is -2.39. The Kier molecular flexibility index (Phi) is 6.18. The zero-order valence-corrected chi connectivity index (χ0v) is 18.9. The molecule has 1 fully saturated rings. The number of aryl methyl sites for hydroxylation is 1. The summed E-state index contributed by atoms with van der Waals surface area (Å²) in [4.78, 5) is 23.5. The number of carbonyl (C=O) groups is 1. The second-order valence-corrected chi connectivity index (χ2v) is 9.86. The lowest BCUT2D eigenvalue weighted by atomic mass is 9.82. The molecule has 0 saturated carbocycles. The smallest absolute Gasteiger partial charge is 0.337 e. The number of ether oxygens (including phenoxy) is 1. The van der Waals surface area contributed by atoms with Crippen LogP contribution in [0.15, 0.2) is 30.7 Å². The Morgan fingerprint density at radius 3 is 2.43 bits per heavy atom. The number of carboxylic acid groups (broad SMARTS) is 1. The summed E-state index contributed by atoms with van der Waals surface area (Å²) in [6, 6.07) is 3.87. The summed E-state index contributed by atoms with van der Waals surface area (Å²) in [5.74, 6) is -1.00. The van der Waals surface area contributed by atoms with E-state index in [4.69, 9.17) is 4.74 Å². The van der Waals surface area contributed by atoms with E-state index in [9.17, 15) is 9.90 Å². The van der Waals surface area contributed by atoms with Gasteiger partial charge in [0.15, 0.2) is 6.10 Å². The Hall–Kier alpha value is -2.47. The van der Waals surface area contributed by atoms with E-state index in [0.717, 1.165) is 42.7 Å². The van der Waals surface area contributed by atoms with E-state index in [1.807, 2.05) is 46.0 Å². The standard InChI is InChI=1S/C24H33N3O3/c1-16-19(21(22(28)29)30-23(2,3)4)20(27-12-9-24(5,6)10-13-27)18(15-26-16)17-8-7-11-25-14-17/h7-8,11,14-15,21H,9-10,12-13H2,1-6H3,(H,28,29)/t21-/m0/s1. The third-order valence-electron chi connectivity index (χ3n) is 5.65. The molecule has 0 aromatic carbocycles. The van der Waals surface area contributed by atoms with Gasteiger partial charge in [-0.3, -0.25) is 9.97 Å². The molecular formula is C24H33N3O3. The minimum atomic E-state index is -1.10. The molecule has 1 aliphatic heterocycles. The fourth-order valence-corrected chi connectivity index (χ4v) is 3.92. The van der Waals surface area contributed by atoms with Crippen LogP contribution in [0.2, 0.25) is 0 Å². The van der Waals surface area contributed by atoms with Crippen LogP contribution in [0.4, 0.5) is 5.69 Å². The highest BCUT2D eigenvalue weighted by Crippen LogP contribution is 2.43. The second kappa shape index (κ2) is 8.34. The fourth-order valence-electron chi connectivity index (χ4n) is 3.92. The molecule has 3 heterocycles. The molecule has 30 heavy (non-hydrogen) atoms. The van der Waals surface area contributed by atoms with Crippen molar-refractivity contribution in [1.82, 2.24) is 9.97 Å². The van der Waals surface area contributed by atoms with E-state index in [-0.39, 0.29) is 5.41 Å². The Morgan fingerprint density at radius 1 is 1.23 bits per heavy atom. The Bertz CT molecular complexity index is 894. The van der Waals surface area contributed by atoms with E-state index in [1.54, 1.807) is 12.4 Å². The summed E-state index contributed by atoms with van der Waals surface area (Å²) in [6.45, 7) is 13.8. The number of rotatable bonds is 5. The molecule has 2 aromatic heterocycles. The van der Waals surface area contributed by atoms with Crippen LogP contribution in [-0.2, 0) is 9.53 Å². The quantitative estimate of drug-likeness (QED) is 0.745. The van der Waals surface area contributed by atoms with Crippen molar-refractivity contribution in [3.05, 3.63) is 42.0 Å². The van der Waals surface area contributed by atoms with Crippen LogP contribution in [-0.4, -0.2) is 39.7 Å². The summed E-state index contributed by atoms with van der Waals surface area (Å²) in [5, 5.41) is 10.1. The van der Waals surface area contributed by atoms with Crippen molar-refractivity contribution in [2.45, 2.75) is 66.1 Å². The highest BCUT2D eigenvalue weighted by atomic mass is 16.5.